The second-order valence-electron chi connectivity index (χ2n) is 4.22. The highest BCUT2D eigenvalue weighted by molar-refractivity contribution is 6.31. The molecule has 0 spiro atoms. The highest BCUT2D eigenvalue weighted by Crippen LogP contribution is 2.25. The van der Waals surface area contributed by atoms with Gasteiger partial charge < -0.3 is 5.73 Å². The van der Waals surface area contributed by atoms with Gasteiger partial charge in [0, 0.05) is 11.1 Å². The Hall–Kier alpha value is -1.16. The van der Waals surface area contributed by atoms with Crippen molar-refractivity contribution in [3.05, 3.63) is 69.2 Å². The van der Waals surface area contributed by atoms with Crippen molar-refractivity contribution in [2.75, 3.05) is 0 Å². The maximum Gasteiger partial charge on any atom is 0.141 e. The topological polar surface area (TPSA) is 26.0 Å². The summed E-state index contributed by atoms with van der Waals surface area (Å²) in [5.74, 6) is -0.885. The van der Waals surface area contributed by atoms with Crippen molar-refractivity contribution >= 4 is 23.2 Å². The van der Waals surface area contributed by atoms with Crippen molar-refractivity contribution in [2.45, 2.75) is 12.5 Å². The third-order valence-corrected chi connectivity index (χ3v) is 3.47. The lowest BCUT2D eigenvalue weighted by Gasteiger charge is -2.13. The van der Waals surface area contributed by atoms with Crippen LogP contribution in [-0.4, -0.2) is 0 Å². The van der Waals surface area contributed by atoms with Gasteiger partial charge in [-0.2, -0.15) is 0 Å². The average molecular weight is 302 g/mol. The monoisotopic (exact) mass is 301 g/mol. The zero-order chi connectivity index (χ0) is 14.0. The van der Waals surface area contributed by atoms with E-state index in [4.69, 9.17) is 28.9 Å². The van der Waals surface area contributed by atoms with Gasteiger partial charge in [-0.1, -0.05) is 35.3 Å². The number of hydrogen-bond acceptors (Lipinski definition) is 1. The highest BCUT2D eigenvalue weighted by Gasteiger charge is 2.12. The molecule has 2 N–H and O–H groups in total. The minimum Gasteiger partial charge on any atom is -0.324 e. The summed E-state index contributed by atoms with van der Waals surface area (Å²) in [6, 6.07) is 8.09. The summed E-state index contributed by atoms with van der Waals surface area (Å²) >= 11 is 11.6. The molecule has 2 aromatic rings. The van der Waals surface area contributed by atoms with Crippen LogP contribution in [0.25, 0.3) is 0 Å². The maximum absolute atomic E-state index is 13.1. The zero-order valence-electron chi connectivity index (χ0n) is 9.84. The molecule has 0 heterocycles. The first-order chi connectivity index (χ1) is 8.97. The van der Waals surface area contributed by atoms with E-state index in [1.54, 1.807) is 12.1 Å². The quantitative estimate of drug-likeness (QED) is 0.886. The van der Waals surface area contributed by atoms with Crippen molar-refractivity contribution < 1.29 is 8.78 Å². The molecule has 100 valence electrons. The summed E-state index contributed by atoms with van der Waals surface area (Å²) in [6.07, 6.45) is 0.418. The van der Waals surface area contributed by atoms with Gasteiger partial charge in [-0.3, -0.25) is 0 Å². The van der Waals surface area contributed by atoms with E-state index >= 15 is 0 Å². The van der Waals surface area contributed by atoms with E-state index in [9.17, 15) is 8.78 Å². The van der Waals surface area contributed by atoms with Crippen LogP contribution in [-0.2, 0) is 6.42 Å². The van der Waals surface area contributed by atoms with Crippen molar-refractivity contribution in [3.63, 3.8) is 0 Å². The van der Waals surface area contributed by atoms with Gasteiger partial charge in [-0.15, -0.1) is 0 Å². The van der Waals surface area contributed by atoms with Crippen LogP contribution in [0.1, 0.15) is 17.2 Å². The first-order valence-electron chi connectivity index (χ1n) is 5.62. The van der Waals surface area contributed by atoms with Crippen LogP contribution in [0.15, 0.2) is 36.4 Å². The Balaban J connectivity index is 2.20. The van der Waals surface area contributed by atoms with Crippen LogP contribution in [0, 0.1) is 11.6 Å². The molecule has 1 unspecified atom stereocenters. The first-order valence-corrected chi connectivity index (χ1v) is 6.37. The van der Waals surface area contributed by atoms with Gasteiger partial charge in [0.05, 0.1) is 5.02 Å². The molecule has 0 aliphatic carbocycles. The summed E-state index contributed by atoms with van der Waals surface area (Å²) in [7, 11) is 0. The number of rotatable bonds is 3. The Morgan fingerprint density at radius 1 is 1.00 bits per heavy atom. The smallest absolute Gasteiger partial charge is 0.141 e. The molecule has 0 fully saturated rings. The highest BCUT2D eigenvalue weighted by atomic mass is 35.5. The second-order valence-corrected chi connectivity index (χ2v) is 5.03. The van der Waals surface area contributed by atoms with Crippen LogP contribution in [0.2, 0.25) is 10.0 Å². The van der Waals surface area contributed by atoms with Crippen LogP contribution >= 0.6 is 23.2 Å². The summed E-state index contributed by atoms with van der Waals surface area (Å²) in [4.78, 5) is 0. The second kappa shape index (κ2) is 5.87. The van der Waals surface area contributed by atoms with E-state index in [0.29, 0.717) is 17.0 Å². The van der Waals surface area contributed by atoms with E-state index < -0.39 is 11.6 Å². The molecule has 0 amide bonds. The van der Waals surface area contributed by atoms with Crippen LogP contribution in [0.5, 0.6) is 0 Å². The van der Waals surface area contributed by atoms with Crippen molar-refractivity contribution in [1.29, 1.82) is 0 Å². The van der Waals surface area contributed by atoms with Gasteiger partial charge in [0.15, 0.2) is 0 Å². The Morgan fingerprint density at radius 2 is 1.74 bits per heavy atom. The lowest BCUT2D eigenvalue weighted by Crippen LogP contribution is -2.13. The van der Waals surface area contributed by atoms with E-state index in [1.807, 2.05) is 0 Å². The molecule has 0 saturated heterocycles. The molecule has 19 heavy (non-hydrogen) atoms. The molecular formula is C14H11Cl2F2N. The SMILES string of the molecule is NC(Cc1ccc(F)cc1Cl)c1ccc(F)c(Cl)c1. The lowest BCUT2D eigenvalue weighted by atomic mass is 9.99. The summed E-state index contributed by atoms with van der Waals surface area (Å²) in [6.45, 7) is 0. The number of benzene rings is 2. The first kappa shape index (κ1) is 14.3. The summed E-state index contributed by atoms with van der Waals surface area (Å²) in [5, 5.41) is 0.349. The fraction of sp³-hybridized carbons (Fsp3) is 0.143. The largest absolute Gasteiger partial charge is 0.324 e. The Bertz CT molecular complexity index is 602. The number of halogens is 4. The van der Waals surface area contributed by atoms with Crippen molar-refractivity contribution in [1.82, 2.24) is 0 Å². The standard InChI is InChI=1S/C14H11Cl2F2N/c15-11-7-10(17)3-1-8(11)6-14(19)9-2-4-13(18)12(16)5-9/h1-5,7,14H,6,19H2. The molecule has 1 nitrogen and oxygen atoms in total. The summed E-state index contributed by atoms with van der Waals surface area (Å²) < 4.78 is 26.0. The molecule has 0 bridgehead atoms. The van der Waals surface area contributed by atoms with Gasteiger partial charge in [0.25, 0.3) is 0 Å². The van der Waals surface area contributed by atoms with E-state index in [-0.39, 0.29) is 11.1 Å². The molecule has 0 radical (unpaired) electrons. The molecule has 5 heteroatoms. The maximum atomic E-state index is 13.1. The summed E-state index contributed by atoms with van der Waals surface area (Å²) in [5.41, 5.74) is 7.45. The van der Waals surface area contributed by atoms with Crippen LogP contribution < -0.4 is 5.73 Å². The lowest BCUT2D eigenvalue weighted by molar-refractivity contribution is 0.622. The molecule has 0 aliphatic rings. The third-order valence-electron chi connectivity index (χ3n) is 2.83. The van der Waals surface area contributed by atoms with Crippen molar-refractivity contribution in [2.24, 2.45) is 5.73 Å². The van der Waals surface area contributed by atoms with E-state index in [0.717, 1.165) is 5.56 Å². The Kier molecular flexibility index (Phi) is 4.40. The molecule has 0 aliphatic heterocycles. The number of hydrogen-bond donors (Lipinski definition) is 1. The van der Waals surface area contributed by atoms with Gasteiger partial charge in [-0.25, -0.2) is 8.78 Å². The minimum atomic E-state index is -0.488. The molecule has 0 saturated carbocycles. The zero-order valence-corrected chi connectivity index (χ0v) is 11.3. The normalized spacial score (nSPS) is 12.5. The van der Waals surface area contributed by atoms with Crippen molar-refractivity contribution in [3.8, 4) is 0 Å². The minimum absolute atomic E-state index is 0.0261. The van der Waals surface area contributed by atoms with Crippen LogP contribution in [0.4, 0.5) is 8.78 Å². The Morgan fingerprint density at radius 3 is 2.37 bits per heavy atom. The Labute approximate surface area is 119 Å². The fourth-order valence-electron chi connectivity index (χ4n) is 1.79. The molecule has 2 rings (SSSR count). The average Bonchev–Trinajstić information content (AvgIpc) is 2.36. The molecular weight excluding hydrogens is 291 g/mol. The van der Waals surface area contributed by atoms with Gasteiger partial charge in [-0.05, 0) is 41.8 Å². The number of nitrogens with two attached hydrogens (primary N) is 1. The van der Waals surface area contributed by atoms with Gasteiger partial charge >= 0.3 is 0 Å². The van der Waals surface area contributed by atoms with Crippen LogP contribution in [0.3, 0.4) is 0 Å². The van der Waals surface area contributed by atoms with E-state index in [1.165, 1.54) is 24.3 Å². The predicted octanol–water partition coefficient (Wildman–Crippen LogP) is 4.51. The van der Waals surface area contributed by atoms with Gasteiger partial charge in [0.1, 0.15) is 11.6 Å². The molecule has 0 aromatic heterocycles. The van der Waals surface area contributed by atoms with E-state index in [2.05, 4.69) is 0 Å². The van der Waals surface area contributed by atoms with Gasteiger partial charge in [0.2, 0.25) is 0 Å². The predicted molar refractivity (Wildman–Crippen MR) is 73.5 cm³/mol. The molecule has 2 aromatic carbocycles. The molecule has 1 atom stereocenters. The fourth-order valence-corrected chi connectivity index (χ4v) is 2.22. The third kappa shape index (κ3) is 3.44.